The average Bonchev–Trinajstić information content (AvgIpc) is 2.85. The molecule has 1 saturated heterocycles. The van der Waals surface area contributed by atoms with Gasteiger partial charge in [-0.05, 0) is 13.3 Å². The summed E-state index contributed by atoms with van der Waals surface area (Å²) in [4.78, 5) is 16.0. The summed E-state index contributed by atoms with van der Waals surface area (Å²) in [6.45, 7) is 5.31. The Labute approximate surface area is 106 Å². The van der Waals surface area contributed by atoms with Crippen molar-refractivity contribution in [3.63, 3.8) is 0 Å². The molecule has 1 aliphatic heterocycles. The highest BCUT2D eigenvalue weighted by molar-refractivity contribution is 5.85. The molecule has 2 heterocycles. The van der Waals surface area contributed by atoms with E-state index >= 15 is 0 Å². The fourth-order valence-corrected chi connectivity index (χ4v) is 1.95. The molecule has 2 unspecified atom stereocenters. The molecule has 1 aromatic rings. The molecule has 0 saturated carbocycles. The van der Waals surface area contributed by atoms with Crippen LogP contribution >= 0.6 is 0 Å². The number of ketones is 1. The predicted octanol–water partition coefficient (Wildman–Crippen LogP) is 1.63. The molecular formula is C12H18N2O4. The van der Waals surface area contributed by atoms with Crippen LogP contribution in [0, 0.1) is 0 Å². The lowest BCUT2D eigenvalue weighted by atomic mass is 10.0. The zero-order valence-corrected chi connectivity index (χ0v) is 10.7. The van der Waals surface area contributed by atoms with Gasteiger partial charge in [-0.3, -0.25) is 4.79 Å². The number of hydrogen-bond donors (Lipinski definition) is 0. The molecule has 1 fully saturated rings. The van der Waals surface area contributed by atoms with E-state index < -0.39 is 5.92 Å². The Morgan fingerprint density at radius 1 is 1.50 bits per heavy atom. The van der Waals surface area contributed by atoms with Crippen LogP contribution in [0.3, 0.4) is 0 Å². The van der Waals surface area contributed by atoms with Gasteiger partial charge in [-0.2, -0.15) is 4.98 Å². The van der Waals surface area contributed by atoms with Crippen LogP contribution < -0.4 is 0 Å². The van der Waals surface area contributed by atoms with E-state index in [1.807, 2.05) is 13.8 Å². The molecule has 2 rings (SSSR count). The van der Waals surface area contributed by atoms with Gasteiger partial charge in [0.1, 0.15) is 17.8 Å². The van der Waals surface area contributed by atoms with Crippen molar-refractivity contribution in [2.24, 2.45) is 0 Å². The molecule has 100 valence electrons. The maximum absolute atomic E-state index is 11.7. The Morgan fingerprint density at radius 3 is 3.00 bits per heavy atom. The summed E-state index contributed by atoms with van der Waals surface area (Å²) >= 11 is 0. The van der Waals surface area contributed by atoms with E-state index in [2.05, 4.69) is 10.1 Å². The summed E-state index contributed by atoms with van der Waals surface area (Å²) in [5.41, 5.74) is 0. The summed E-state index contributed by atoms with van der Waals surface area (Å²) in [6, 6.07) is 0. The van der Waals surface area contributed by atoms with E-state index in [4.69, 9.17) is 14.0 Å². The van der Waals surface area contributed by atoms with Crippen LogP contribution in [0.5, 0.6) is 0 Å². The third-order valence-corrected chi connectivity index (χ3v) is 2.95. The highest BCUT2D eigenvalue weighted by atomic mass is 16.5. The Kier molecular flexibility index (Phi) is 4.43. The first-order valence-electron chi connectivity index (χ1n) is 6.31. The largest absolute Gasteiger partial charge is 0.380 e. The second-order valence-electron chi connectivity index (χ2n) is 4.19. The molecular weight excluding hydrogens is 236 g/mol. The molecule has 1 aromatic heterocycles. The molecule has 0 spiro atoms. The molecule has 6 heteroatoms. The third kappa shape index (κ3) is 2.76. The van der Waals surface area contributed by atoms with Gasteiger partial charge in [-0.15, -0.1) is 0 Å². The van der Waals surface area contributed by atoms with Gasteiger partial charge in [0.15, 0.2) is 0 Å². The van der Waals surface area contributed by atoms with Crippen molar-refractivity contribution in [3.8, 4) is 0 Å². The molecule has 18 heavy (non-hydrogen) atoms. The number of aromatic nitrogens is 2. The van der Waals surface area contributed by atoms with Gasteiger partial charge >= 0.3 is 0 Å². The second kappa shape index (κ2) is 6.06. The fraction of sp³-hybridized carbons (Fsp3) is 0.750. The Hall–Kier alpha value is -1.27. The van der Waals surface area contributed by atoms with Crippen LogP contribution in [-0.2, 0) is 14.3 Å². The first kappa shape index (κ1) is 13.2. The number of rotatable bonds is 5. The van der Waals surface area contributed by atoms with Crippen LogP contribution in [0.2, 0.25) is 0 Å². The first-order chi connectivity index (χ1) is 8.76. The predicted molar refractivity (Wildman–Crippen MR) is 62.1 cm³/mol. The van der Waals surface area contributed by atoms with E-state index in [1.54, 1.807) is 0 Å². The van der Waals surface area contributed by atoms with Crippen molar-refractivity contribution in [3.05, 3.63) is 11.7 Å². The molecule has 2 atom stereocenters. The van der Waals surface area contributed by atoms with Crippen LogP contribution in [0.25, 0.3) is 0 Å². The second-order valence-corrected chi connectivity index (χ2v) is 4.19. The van der Waals surface area contributed by atoms with Crippen molar-refractivity contribution in [1.29, 1.82) is 0 Å². The minimum absolute atomic E-state index is 0.0981. The number of nitrogens with zero attached hydrogens (tertiary/aromatic N) is 2. The SMILES string of the molecule is CCOC(CC)c1noc(C2COCCC2=O)n1. The van der Waals surface area contributed by atoms with Gasteiger partial charge in [0.2, 0.25) is 11.7 Å². The highest BCUT2D eigenvalue weighted by Crippen LogP contribution is 2.24. The average molecular weight is 254 g/mol. The maximum Gasteiger partial charge on any atom is 0.239 e. The molecule has 0 amide bonds. The third-order valence-electron chi connectivity index (χ3n) is 2.95. The smallest absolute Gasteiger partial charge is 0.239 e. The normalized spacial score (nSPS) is 22.1. The van der Waals surface area contributed by atoms with Gasteiger partial charge in [0.05, 0.1) is 13.2 Å². The standard InChI is InChI=1S/C12H18N2O4/c1-3-10(17-4-2)11-13-12(18-14-11)8-7-16-6-5-9(8)15/h8,10H,3-7H2,1-2H3. The molecule has 0 aromatic carbocycles. The van der Waals surface area contributed by atoms with Crippen LogP contribution in [0.4, 0.5) is 0 Å². The zero-order valence-electron chi connectivity index (χ0n) is 10.7. The summed E-state index contributed by atoms with van der Waals surface area (Å²) < 4.78 is 15.9. The highest BCUT2D eigenvalue weighted by Gasteiger charge is 2.30. The van der Waals surface area contributed by atoms with Gasteiger partial charge < -0.3 is 14.0 Å². The van der Waals surface area contributed by atoms with E-state index in [-0.39, 0.29) is 11.9 Å². The number of carbonyl (C=O) groups is 1. The van der Waals surface area contributed by atoms with Crippen LogP contribution in [0.15, 0.2) is 4.52 Å². The summed E-state index contributed by atoms with van der Waals surface area (Å²) in [5.74, 6) is 0.528. The lowest BCUT2D eigenvalue weighted by Crippen LogP contribution is -2.25. The van der Waals surface area contributed by atoms with Crippen LogP contribution in [-0.4, -0.2) is 35.7 Å². The first-order valence-corrected chi connectivity index (χ1v) is 6.31. The van der Waals surface area contributed by atoms with Gasteiger partial charge in [0.25, 0.3) is 0 Å². The maximum atomic E-state index is 11.7. The zero-order chi connectivity index (χ0) is 13.0. The number of hydrogen-bond acceptors (Lipinski definition) is 6. The van der Waals surface area contributed by atoms with E-state index in [9.17, 15) is 4.79 Å². The van der Waals surface area contributed by atoms with Crippen LogP contribution in [0.1, 0.15) is 50.4 Å². The van der Waals surface area contributed by atoms with E-state index in [0.717, 1.165) is 6.42 Å². The Balaban J connectivity index is 2.11. The van der Waals surface area contributed by atoms with Crippen molar-refractivity contribution in [1.82, 2.24) is 10.1 Å². The topological polar surface area (TPSA) is 74.5 Å². The number of ether oxygens (including phenoxy) is 2. The molecule has 0 aliphatic carbocycles. The molecule has 0 radical (unpaired) electrons. The summed E-state index contributed by atoms with van der Waals surface area (Å²) in [6.07, 6.45) is 1.000. The Morgan fingerprint density at radius 2 is 2.33 bits per heavy atom. The number of Topliss-reactive ketones (excluding diaryl/α,β-unsaturated/α-hetero) is 1. The monoisotopic (exact) mass is 254 g/mol. The molecule has 6 nitrogen and oxygen atoms in total. The summed E-state index contributed by atoms with van der Waals surface area (Å²) in [5, 5.41) is 3.90. The van der Waals surface area contributed by atoms with Gasteiger partial charge in [0, 0.05) is 13.0 Å². The lowest BCUT2D eigenvalue weighted by Gasteiger charge is -2.17. The van der Waals surface area contributed by atoms with E-state index in [0.29, 0.717) is 38.0 Å². The molecule has 1 aliphatic rings. The number of carbonyl (C=O) groups excluding carboxylic acids is 1. The fourth-order valence-electron chi connectivity index (χ4n) is 1.95. The van der Waals surface area contributed by atoms with Crippen molar-refractivity contribution < 1.29 is 18.8 Å². The quantitative estimate of drug-likeness (QED) is 0.795. The van der Waals surface area contributed by atoms with Gasteiger partial charge in [-0.25, -0.2) is 0 Å². The molecule has 0 bridgehead atoms. The van der Waals surface area contributed by atoms with Gasteiger partial charge in [-0.1, -0.05) is 12.1 Å². The minimum atomic E-state index is -0.417. The van der Waals surface area contributed by atoms with Crippen molar-refractivity contribution in [2.75, 3.05) is 19.8 Å². The molecule has 0 N–H and O–H groups in total. The minimum Gasteiger partial charge on any atom is -0.380 e. The van der Waals surface area contributed by atoms with Crippen molar-refractivity contribution in [2.45, 2.75) is 38.7 Å². The summed E-state index contributed by atoms with van der Waals surface area (Å²) in [7, 11) is 0. The van der Waals surface area contributed by atoms with E-state index in [1.165, 1.54) is 0 Å². The van der Waals surface area contributed by atoms with Crippen molar-refractivity contribution >= 4 is 5.78 Å². The Bertz CT molecular complexity index is 405. The lowest BCUT2D eigenvalue weighted by molar-refractivity contribution is -0.127.